The lowest BCUT2D eigenvalue weighted by molar-refractivity contribution is -0.154. The molecular formula is C10H18O3. The Balaban J connectivity index is 2.37. The van der Waals surface area contributed by atoms with Gasteiger partial charge in [0.1, 0.15) is 0 Å². The van der Waals surface area contributed by atoms with Gasteiger partial charge in [0.2, 0.25) is 0 Å². The van der Waals surface area contributed by atoms with Crippen molar-refractivity contribution in [2.24, 2.45) is 5.92 Å². The van der Waals surface area contributed by atoms with Crippen LogP contribution in [0.5, 0.6) is 0 Å². The number of ether oxygens (including phenoxy) is 1. The average Bonchev–Trinajstić information content (AvgIpc) is 2.03. The van der Waals surface area contributed by atoms with Gasteiger partial charge >= 0.3 is 5.97 Å². The normalized spacial score (nSPS) is 28.9. The second-order valence-electron chi connectivity index (χ2n) is 4.00. The molecule has 76 valence electrons. The molecule has 3 nitrogen and oxygen atoms in total. The Morgan fingerprint density at radius 3 is 2.69 bits per heavy atom. The molecule has 13 heavy (non-hydrogen) atoms. The molecule has 0 saturated heterocycles. The average molecular weight is 186 g/mol. The third-order valence-electron chi connectivity index (χ3n) is 2.33. The molecule has 1 aliphatic carbocycles. The van der Waals surface area contributed by atoms with E-state index in [-0.39, 0.29) is 24.1 Å². The van der Waals surface area contributed by atoms with E-state index in [1.54, 1.807) is 0 Å². The maximum absolute atomic E-state index is 11.4. The minimum Gasteiger partial charge on any atom is -0.463 e. The maximum Gasteiger partial charge on any atom is 0.309 e. The van der Waals surface area contributed by atoms with Crippen LogP contribution in [0.2, 0.25) is 0 Å². The van der Waals surface area contributed by atoms with Gasteiger partial charge in [-0.15, -0.1) is 0 Å². The van der Waals surface area contributed by atoms with E-state index in [1.807, 2.05) is 13.8 Å². The smallest absolute Gasteiger partial charge is 0.309 e. The Morgan fingerprint density at radius 1 is 1.46 bits per heavy atom. The van der Waals surface area contributed by atoms with Crippen LogP contribution in [0.15, 0.2) is 0 Å². The van der Waals surface area contributed by atoms with E-state index in [0.717, 1.165) is 19.3 Å². The Morgan fingerprint density at radius 2 is 2.15 bits per heavy atom. The van der Waals surface area contributed by atoms with Crippen LogP contribution >= 0.6 is 0 Å². The summed E-state index contributed by atoms with van der Waals surface area (Å²) in [4.78, 5) is 11.4. The second kappa shape index (κ2) is 4.61. The molecule has 3 heteroatoms. The van der Waals surface area contributed by atoms with Gasteiger partial charge in [-0.25, -0.2) is 0 Å². The van der Waals surface area contributed by atoms with Gasteiger partial charge in [0, 0.05) is 0 Å². The zero-order chi connectivity index (χ0) is 9.84. The zero-order valence-electron chi connectivity index (χ0n) is 8.32. The summed E-state index contributed by atoms with van der Waals surface area (Å²) < 4.78 is 5.09. The standard InChI is InChI=1S/C10H18O3/c1-7(2)13-10(12)8-4-3-5-9(11)6-8/h7-9,11H,3-6H2,1-2H3/t8-,9-/m1/s1. The van der Waals surface area contributed by atoms with Crippen molar-refractivity contribution < 1.29 is 14.6 Å². The summed E-state index contributed by atoms with van der Waals surface area (Å²) in [7, 11) is 0. The molecule has 0 spiro atoms. The lowest BCUT2D eigenvalue weighted by Gasteiger charge is -2.24. The van der Waals surface area contributed by atoms with Gasteiger partial charge in [-0.1, -0.05) is 6.42 Å². The van der Waals surface area contributed by atoms with E-state index in [4.69, 9.17) is 4.74 Å². The Bertz CT molecular complexity index is 177. The van der Waals surface area contributed by atoms with E-state index in [1.165, 1.54) is 0 Å². The van der Waals surface area contributed by atoms with Crippen LogP contribution in [-0.2, 0) is 9.53 Å². The first-order chi connectivity index (χ1) is 6.09. The number of esters is 1. The monoisotopic (exact) mass is 186 g/mol. The molecule has 0 aromatic heterocycles. The number of hydrogen-bond donors (Lipinski definition) is 1. The van der Waals surface area contributed by atoms with Crippen LogP contribution in [-0.4, -0.2) is 23.3 Å². The molecule has 0 unspecified atom stereocenters. The summed E-state index contributed by atoms with van der Waals surface area (Å²) in [6.45, 7) is 3.69. The number of aliphatic hydroxyl groups is 1. The topological polar surface area (TPSA) is 46.5 Å². The van der Waals surface area contributed by atoms with Crippen molar-refractivity contribution in [2.75, 3.05) is 0 Å². The molecule has 0 heterocycles. The minimum absolute atomic E-state index is 0.0495. The van der Waals surface area contributed by atoms with Gasteiger partial charge in [-0.05, 0) is 33.1 Å². The summed E-state index contributed by atoms with van der Waals surface area (Å²) >= 11 is 0. The molecular weight excluding hydrogens is 168 g/mol. The fourth-order valence-electron chi connectivity index (χ4n) is 1.71. The molecule has 0 aliphatic heterocycles. The predicted molar refractivity (Wildman–Crippen MR) is 49.2 cm³/mol. The molecule has 1 N–H and O–H groups in total. The van der Waals surface area contributed by atoms with Crippen LogP contribution < -0.4 is 0 Å². The largest absolute Gasteiger partial charge is 0.463 e. The highest BCUT2D eigenvalue weighted by Crippen LogP contribution is 2.25. The summed E-state index contributed by atoms with van der Waals surface area (Å²) in [6, 6.07) is 0. The van der Waals surface area contributed by atoms with E-state index < -0.39 is 0 Å². The quantitative estimate of drug-likeness (QED) is 0.664. The number of rotatable bonds is 2. The van der Waals surface area contributed by atoms with Gasteiger partial charge in [-0.2, -0.15) is 0 Å². The Kier molecular flexibility index (Phi) is 3.72. The van der Waals surface area contributed by atoms with Gasteiger partial charge in [-0.3, -0.25) is 4.79 Å². The number of hydrogen-bond acceptors (Lipinski definition) is 3. The van der Waals surface area contributed by atoms with Crippen molar-refractivity contribution in [2.45, 2.75) is 51.7 Å². The molecule has 1 rings (SSSR count). The molecule has 0 aromatic rings. The molecule has 0 radical (unpaired) electrons. The third-order valence-corrected chi connectivity index (χ3v) is 2.33. The van der Waals surface area contributed by atoms with Gasteiger partial charge in [0.25, 0.3) is 0 Å². The van der Waals surface area contributed by atoms with Crippen molar-refractivity contribution in [1.29, 1.82) is 0 Å². The molecule has 1 fully saturated rings. The van der Waals surface area contributed by atoms with E-state index in [2.05, 4.69) is 0 Å². The van der Waals surface area contributed by atoms with Crippen LogP contribution in [0.1, 0.15) is 39.5 Å². The van der Waals surface area contributed by atoms with Gasteiger partial charge in [0.15, 0.2) is 0 Å². The van der Waals surface area contributed by atoms with Crippen LogP contribution in [0.3, 0.4) is 0 Å². The molecule has 0 amide bonds. The van der Waals surface area contributed by atoms with Crippen molar-refractivity contribution in [3.8, 4) is 0 Å². The minimum atomic E-state index is -0.307. The first kappa shape index (κ1) is 10.5. The fraction of sp³-hybridized carbons (Fsp3) is 0.900. The fourth-order valence-corrected chi connectivity index (χ4v) is 1.71. The number of carbonyl (C=O) groups is 1. The second-order valence-corrected chi connectivity index (χ2v) is 4.00. The number of aliphatic hydroxyl groups excluding tert-OH is 1. The highest BCUT2D eigenvalue weighted by atomic mass is 16.5. The third kappa shape index (κ3) is 3.35. The van der Waals surface area contributed by atoms with Crippen LogP contribution in [0.4, 0.5) is 0 Å². The van der Waals surface area contributed by atoms with Crippen molar-refractivity contribution in [3.05, 3.63) is 0 Å². The Hall–Kier alpha value is -0.570. The van der Waals surface area contributed by atoms with Crippen molar-refractivity contribution in [3.63, 3.8) is 0 Å². The van der Waals surface area contributed by atoms with Gasteiger partial charge in [0.05, 0.1) is 18.1 Å². The summed E-state index contributed by atoms with van der Waals surface area (Å²) in [5, 5.41) is 9.35. The summed E-state index contributed by atoms with van der Waals surface area (Å²) in [5.74, 6) is -0.222. The first-order valence-electron chi connectivity index (χ1n) is 4.98. The molecule has 0 bridgehead atoms. The highest BCUT2D eigenvalue weighted by Gasteiger charge is 2.27. The molecule has 0 aromatic carbocycles. The molecule has 1 saturated carbocycles. The lowest BCUT2D eigenvalue weighted by Crippen LogP contribution is -2.28. The first-order valence-corrected chi connectivity index (χ1v) is 4.98. The molecule has 2 atom stereocenters. The van der Waals surface area contributed by atoms with Crippen molar-refractivity contribution in [1.82, 2.24) is 0 Å². The lowest BCUT2D eigenvalue weighted by atomic mass is 9.87. The van der Waals surface area contributed by atoms with E-state index in [9.17, 15) is 9.90 Å². The zero-order valence-corrected chi connectivity index (χ0v) is 8.32. The predicted octanol–water partition coefficient (Wildman–Crippen LogP) is 1.49. The van der Waals surface area contributed by atoms with Crippen LogP contribution in [0.25, 0.3) is 0 Å². The highest BCUT2D eigenvalue weighted by molar-refractivity contribution is 5.72. The maximum atomic E-state index is 11.4. The number of carbonyl (C=O) groups excluding carboxylic acids is 1. The van der Waals surface area contributed by atoms with E-state index in [0.29, 0.717) is 6.42 Å². The van der Waals surface area contributed by atoms with E-state index >= 15 is 0 Å². The summed E-state index contributed by atoms with van der Waals surface area (Å²) in [5.41, 5.74) is 0. The Labute approximate surface area is 79.1 Å². The van der Waals surface area contributed by atoms with Crippen molar-refractivity contribution >= 4 is 5.97 Å². The molecule has 1 aliphatic rings. The summed E-state index contributed by atoms with van der Waals surface area (Å²) in [6.07, 6.45) is 2.84. The van der Waals surface area contributed by atoms with Crippen LogP contribution in [0, 0.1) is 5.92 Å². The van der Waals surface area contributed by atoms with Gasteiger partial charge < -0.3 is 9.84 Å². The SMILES string of the molecule is CC(C)OC(=O)[C@@H]1CCC[C@@H](O)C1.